The van der Waals surface area contributed by atoms with E-state index in [-0.39, 0.29) is 29.5 Å². The summed E-state index contributed by atoms with van der Waals surface area (Å²) in [4.78, 5) is 15.2. The highest BCUT2D eigenvalue weighted by atomic mass is 19.1. The van der Waals surface area contributed by atoms with Crippen LogP contribution in [0.2, 0.25) is 0 Å². The van der Waals surface area contributed by atoms with Crippen molar-refractivity contribution in [2.45, 2.75) is 65.2 Å². The maximum Gasteiger partial charge on any atom is 0.407 e. The van der Waals surface area contributed by atoms with Gasteiger partial charge in [-0.25, -0.2) is 9.18 Å². The van der Waals surface area contributed by atoms with Gasteiger partial charge < -0.3 is 14.8 Å². The minimum Gasteiger partial charge on any atom is -0.491 e. The molecule has 6 rings (SSSR count). The average molecular weight is 467 g/mol. The molecule has 4 aliphatic rings. The zero-order chi connectivity index (χ0) is 24.0. The second kappa shape index (κ2) is 8.88. The van der Waals surface area contributed by atoms with Gasteiger partial charge in [0.25, 0.3) is 0 Å². The van der Waals surface area contributed by atoms with Crippen LogP contribution in [0.15, 0.2) is 36.4 Å². The number of ether oxygens (including phenoxy) is 2. The molecule has 6 heteroatoms. The lowest BCUT2D eigenvalue weighted by Gasteiger charge is -2.44. The molecule has 0 unspecified atom stereocenters. The topological polar surface area (TPSA) is 50.8 Å². The molecule has 3 saturated heterocycles. The lowest BCUT2D eigenvalue weighted by Crippen LogP contribution is -2.53. The molecule has 0 spiro atoms. The van der Waals surface area contributed by atoms with Crippen LogP contribution in [0.1, 0.15) is 57.7 Å². The van der Waals surface area contributed by atoms with E-state index in [1.807, 2.05) is 44.2 Å². The molecule has 1 amide bonds. The largest absolute Gasteiger partial charge is 0.491 e. The Morgan fingerprint density at radius 2 is 1.94 bits per heavy atom. The first-order valence-electron chi connectivity index (χ1n) is 12.5. The van der Waals surface area contributed by atoms with E-state index in [9.17, 15) is 4.79 Å². The van der Waals surface area contributed by atoms with E-state index in [0.29, 0.717) is 11.5 Å². The first kappa shape index (κ1) is 23.2. The summed E-state index contributed by atoms with van der Waals surface area (Å²) >= 11 is 0. The summed E-state index contributed by atoms with van der Waals surface area (Å²) in [5.74, 6) is 0.883. The lowest BCUT2D eigenvalue weighted by atomic mass is 9.85. The van der Waals surface area contributed by atoms with Gasteiger partial charge in [0.1, 0.15) is 17.7 Å². The van der Waals surface area contributed by atoms with Gasteiger partial charge in [0.2, 0.25) is 0 Å². The Morgan fingerprint density at radius 1 is 1.18 bits per heavy atom. The molecule has 2 aromatic carbocycles. The Bertz CT molecular complexity index is 1080. The Hall–Kier alpha value is -2.60. The number of piperidine rings is 3. The number of halogens is 1. The number of amides is 1. The zero-order valence-corrected chi connectivity index (χ0v) is 20.6. The predicted molar refractivity (Wildman–Crippen MR) is 130 cm³/mol. The lowest BCUT2D eigenvalue weighted by molar-refractivity contribution is -0.0349. The number of nitrogens with one attached hydrogen (secondary N) is 1. The van der Waals surface area contributed by atoms with Crippen molar-refractivity contribution in [3.8, 4) is 16.9 Å². The van der Waals surface area contributed by atoms with Crippen LogP contribution >= 0.6 is 0 Å². The van der Waals surface area contributed by atoms with E-state index >= 15 is 4.39 Å². The van der Waals surface area contributed by atoms with Crippen molar-refractivity contribution in [3.05, 3.63) is 53.3 Å². The van der Waals surface area contributed by atoms with E-state index in [1.54, 1.807) is 6.07 Å². The van der Waals surface area contributed by atoms with Gasteiger partial charge in [-0.05, 0) is 98.5 Å². The van der Waals surface area contributed by atoms with Gasteiger partial charge in [-0.15, -0.1) is 0 Å². The fourth-order valence-electron chi connectivity index (χ4n) is 5.91. The van der Waals surface area contributed by atoms with E-state index < -0.39 is 6.09 Å². The number of hydrogen-bond donors (Lipinski definition) is 1. The van der Waals surface area contributed by atoms with Gasteiger partial charge in [0, 0.05) is 12.1 Å². The fraction of sp³-hybridized carbons (Fsp3) is 0.536. The summed E-state index contributed by atoms with van der Waals surface area (Å²) in [6.45, 7) is 11.2. The summed E-state index contributed by atoms with van der Waals surface area (Å²) in [6, 6.07) is 10.8. The zero-order valence-electron chi connectivity index (χ0n) is 20.6. The van der Waals surface area contributed by atoms with Crippen molar-refractivity contribution in [2.75, 3.05) is 19.6 Å². The molecule has 2 aromatic rings. The van der Waals surface area contributed by atoms with Crippen molar-refractivity contribution in [1.29, 1.82) is 0 Å². The van der Waals surface area contributed by atoms with Crippen LogP contribution in [-0.2, 0) is 11.2 Å². The number of carbonyl (C=O) groups is 1. The smallest absolute Gasteiger partial charge is 0.407 e. The van der Waals surface area contributed by atoms with Crippen LogP contribution in [0.4, 0.5) is 9.18 Å². The van der Waals surface area contributed by atoms with Crippen LogP contribution in [0, 0.1) is 17.2 Å². The predicted octanol–water partition coefficient (Wildman–Crippen LogP) is 5.72. The van der Waals surface area contributed by atoms with Gasteiger partial charge in [-0.2, -0.15) is 0 Å². The molecule has 0 aromatic heterocycles. The number of benzene rings is 2. The third-order valence-corrected chi connectivity index (χ3v) is 7.60. The quantitative estimate of drug-likeness (QED) is 0.612. The van der Waals surface area contributed by atoms with E-state index in [1.165, 1.54) is 0 Å². The van der Waals surface area contributed by atoms with Crippen molar-refractivity contribution in [2.24, 2.45) is 11.3 Å². The van der Waals surface area contributed by atoms with Crippen molar-refractivity contribution >= 4 is 6.09 Å². The Kier molecular flexibility index (Phi) is 6.05. The fourth-order valence-corrected chi connectivity index (χ4v) is 5.91. The van der Waals surface area contributed by atoms with Crippen molar-refractivity contribution in [3.63, 3.8) is 0 Å². The highest BCUT2D eigenvalue weighted by Crippen LogP contribution is 2.47. The van der Waals surface area contributed by atoms with Gasteiger partial charge in [-0.3, -0.25) is 4.90 Å². The normalized spacial score (nSPS) is 26.9. The molecule has 2 bridgehead atoms. The van der Waals surface area contributed by atoms with Gasteiger partial charge in [0.05, 0.1) is 12.1 Å². The highest BCUT2D eigenvalue weighted by Gasteiger charge is 2.42. The summed E-state index contributed by atoms with van der Waals surface area (Å²) in [6.07, 6.45) is 2.54. The average Bonchev–Trinajstić information content (AvgIpc) is 3.02. The number of rotatable bonds is 5. The second-order valence-corrected chi connectivity index (χ2v) is 11.0. The molecule has 0 radical (unpaired) electrons. The SMILES string of the molecule is CC(C)Oc1cccc(-c2cc3c(cc2F)[C@H](NC(=O)O[C@H]2CN4CCC2CC4)C(C)(C)C3)c1. The second-order valence-electron chi connectivity index (χ2n) is 11.0. The van der Waals surface area contributed by atoms with E-state index in [0.717, 1.165) is 61.3 Å². The number of nitrogens with zero attached hydrogens (tertiary/aromatic N) is 1. The maximum absolute atomic E-state index is 15.4. The van der Waals surface area contributed by atoms with Crippen LogP contribution in [0.5, 0.6) is 5.75 Å². The molecule has 1 aliphatic carbocycles. The maximum atomic E-state index is 15.4. The number of hydrogen-bond acceptors (Lipinski definition) is 4. The molecule has 2 atom stereocenters. The molecule has 182 valence electrons. The van der Waals surface area contributed by atoms with E-state index in [2.05, 4.69) is 24.1 Å². The number of carbonyl (C=O) groups excluding carboxylic acids is 1. The standard InChI is InChI=1S/C28H35FN2O3/c1-17(2)33-21-7-5-6-19(12-21)22-13-20-15-28(3,4)26(23(20)14-24(22)29)30-27(32)34-25-16-31-10-8-18(25)9-11-31/h5-7,12-14,17-18,25-26H,8-11,15-16H2,1-4H3,(H,30,32)/t25-,26-/m0/s1. The Morgan fingerprint density at radius 3 is 2.62 bits per heavy atom. The summed E-state index contributed by atoms with van der Waals surface area (Å²) in [7, 11) is 0. The minimum absolute atomic E-state index is 0.0495. The minimum atomic E-state index is -0.396. The van der Waals surface area contributed by atoms with Crippen molar-refractivity contribution < 1.29 is 18.7 Å². The van der Waals surface area contributed by atoms with Crippen LogP contribution in [0.25, 0.3) is 11.1 Å². The molecule has 3 aliphatic heterocycles. The van der Waals surface area contributed by atoms with Crippen LogP contribution in [-0.4, -0.2) is 42.8 Å². The van der Waals surface area contributed by atoms with Crippen LogP contribution < -0.4 is 10.1 Å². The first-order chi connectivity index (χ1) is 16.2. The Balaban J connectivity index is 1.36. The monoisotopic (exact) mass is 466 g/mol. The third-order valence-electron chi connectivity index (χ3n) is 7.60. The van der Waals surface area contributed by atoms with Crippen molar-refractivity contribution in [1.82, 2.24) is 10.2 Å². The molecule has 3 fully saturated rings. The third kappa shape index (κ3) is 4.52. The summed E-state index contributed by atoms with van der Waals surface area (Å²) < 4.78 is 27.0. The van der Waals surface area contributed by atoms with Crippen LogP contribution in [0.3, 0.4) is 0 Å². The molecular weight excluding hydrogens is 431 g/mol. The molecule has 5 nitrogen and oxygen atoms in total. The van der Waals surface area contributed by atoms with Gasteiger partial charge >= 0.3 is 6.09 Å². The molecule has 0 saturated carbocycles. The van der Waals surface area contributed by atoms with E-state index in [4.69, 9.17) is 9.47 Å². The molecule has 3 heterocycles. The molecular formula is C28H35FN2O3. The first-order valence-corrected chi connectivity index (χ1v) is 12.5. The summed E-state index contributed by atoms with van der Waals surface area (Å²) in [5.41, 5.74) is 2.99. The highest BCUT2D eigenvalue weighted by molar-refractivity contribution is 5.71. The van der Waals surface area contributed by atoms with Gasteiger partial charge in [0.15, 0.2) is 0 Å². The molecule has 1 N–H and O–H groups in total. The Labute approximate surface area is 201 Å². The molecule has 34 heavy (non-hydrogen) atoms. The van der Waals surface area contributed by atoms with Gasteiger partial charge in [-0.1, -0.05) is 26.0 Å². The number of alkyl carbamates (subject to hydrolysis) is 1. The number of fused-ring (bicyclic) bond motifs is 4. The summed E-state index contributed by atoms with van der Waals surface area (Å²) in [5, 5.41) is 3.08.